The third-order valence-electron chi connectivity index (χ3n) is 3.71. The van der Waals surface area contributed by atoms with Gasteiger partial charge >= 0.3 is 0 Å². The summed E-state index contributed by atoms with van der Waals surface area (Å²) in [6.45, 7) is 6.60. The lowest BCUT2D eigenvalue weighted by Gasteiger charge is -2.42. The summed E-state index contributed by atoms with van der Waals surface area (Å²) in [7, 11) is 0. The van der Waals surface area contributed by atoms with Crippen LogP contribution in [-0.4, -0.2) is 71.7 Å². The Balaban J connectivity index is 1.79. The van der Waals surface area contributed by atoms with Crippen molar-refractivity contribution in [2.24, 2.45) is 5.92 Å². The number of hydrogen-bond acceptors (Lipinski definition) is 3. The molecule has 18 heavy (non-hydrogen) atoms. The van der Waals surface area contributed by atoms with Gasteiger partial charge in [0.15, 0.2) is 0 Å². The fourth-order valence-electron chi connectivity index (χ4n) is 2.39. The van der Waals surface area contributed by atoms with Crippen LogP contribution in [0.2, 0.25) is 0 Å². The van der Waals surface area contributed by atoms with Gasteiger partial charge in [0, 0.05) is 53.1 Å². The van der Waals surface area contributed by atoms with E-state index in [2.05, 4.69) is 0 Å². The molecule has 2 aliphatic heterocycles. The van der Waals surface area contributed by atoms with E-state index >= 15 is 0 Å². The van der Waals surface area contributed by atoms with Gasteiger partial charge in [-0.1, -0.05) is 0 Å². The molecule has 0 radical (unpaired) electrons. The molecule has 6 nitrogen and oxygen atoms in total. The third kappa shape index (κ3) is 2.47. The summed E-state index contributed by atoms with van der Waals surface area (Å²) in [6.07, 6.45) is 0. The molecular formula is C12H19N3O3. The lowest BCUT2D eigenvalue weighted by Crippen LogP contribution is -2.59. The van der Waals surface area contributed by atoms with Crippen LogP contribution in [0.4, 0.5) is 0 Å². The zero-order chi connectivity index (χ0) is 13.3. The average Bonchev–Trinajstić information content (AvgIpc) is 2.26. The van der Waals surface area contributed by atoms with Crippen LogP contribution in [0.5, 0.6) is 0 Å². The zero-order valence-electron chi connectivity index (χ0n) is 10.9. The van der Waals surface area contributed by atoms with Crippen LogP contribution >= 0.6 is 0 Å². The maximum atomic E-state index is 12.1. The minimum atomic E-state index is -0.0437. The highest BCUT2D eigenvalue weighted by atomic mass is 16.2. The summed E-state index contributed by atoms with van der Waals surface area (Å²) in [6, 6.07) is 0. The highest BCUT2D eigenvalue weighted by Gasteiger charge is 2.37. The Morgan fingerprint density at radius 1 is 0.778 bits per heavy atom. The van der Waals surface area contributed by atoms with E-state index in [1.165, 1.54) is 6.92 Å². The number of hydrogen-bond donors (Lipinski definition) is 0. The molecule has 0 aromatic heterocycles. The van der Waals surface area contributed by atoms with Crippen LogP contribution in [0.25, 0.3) is 0 Å². The van der Waals surface area contributed by atoms with Crippen molar-refractivity contribution in [3.63, 3.8) is 0 Å². The van der Waals surface area contributed by atoms with Gasteiger partial charge in [0.25, 0.3) is 0 Å². The lowest BCUT2D eigenvalue weighted by molar-refractivity contribution is -0.150. The van der Waals surface area contributed by atoms with E-state index < -0.39 is 0 Å². The Morgan fingerprint density at radius 3 is 1.67 bits per heavy atom. The van der Waals surface area contributed by atoms with E-state index in [0.717, 1.165) is 0 Å². The Hall–Kier alpha value is -1.59. The van der Waals surface area contributed by atoms with Gasteiger partial charge in [-0.05, 0) is 0 Å². The highest BCUT2D eigenvalue weighted by Crippen LogP contribution is 2.19. The molecule has 2 rings (SSSR count). The van der Waals surface area contributed by atoms with E-state index in [9.17, 15) is 14.4 Å². The molecule has 0 aliphatic carbocycles. The summed E-state index contributed by atoms with van der Waals surface area (Å²) in [5, 5.41) is 0. The number of carbonyl (C=O) groups excluding carboxylic acids is 3. The molecule has 2 fully saturated rings. The third-order valence-corrected chi connectivity index (χ3v) is 3.71. The molecule has 100 valence electrons. The first-order valence-electron chi connectivity index (χ1n) is 6.29. The minimum absolute atomic E-state index is 0.0282. The van der Waals surface area contributed by atoms with E-state index in [4.69, 9.17) is 0 Å². The molecule has 6 heteroatoms. The van der Waals surface area contributed by atoms with Crippen molar-refractivity contribution < 1.29 is 14.4 Å². The predicted molar refractivity (Wildman–Crippen MR) is 64.6 cm³/mol. The van der Waals surface area contributed by atoms with E-state index in [1.807, 2.05) is 4.90 Å². The van der Waals surface area contributed by atoms with Crippen molar-refractivity contribution in [3.05, 3.63) is 0 Å². The van der Waals surface area contributed by atoms with Crippen molar-refractivity contribution in [2.75, 3.05) is 39.3 Å². The number of piperazine rings is 1. The zero-order valence-corrected chi connectivity index (χ0v) is 10.9. The summed E-state index contributed by atoms with van der Waals surface area (Å²) < 4.78 is 0. The SMILES string of the molecule is CC(=O)N1CCN(C(=O)C2CN(C(C)=O)C2)CC1. The largest absolute Gasteiger partial charge is 0.341 e. The fourth-order valence-corrected chi connectivity index (χ4v) is 2.39. The van der Waals surface area contributed by atoms with Crippen molar-refractivity contribution in [2.45, 2.75) is 13.8 Å². The van der Waals surface area contributed by atoms with Gasteiger partial charge in [0.05, 0.1) is 5.92 Å². The van der Waals surface area contributed by atoms with Crippen molar-refractivity contribution >= 4 is 17.7 Å². The van der Waals surface area contributed by atoms with Crippen LogP contribution in [0.15, 0.2) is 0 Å². The van der Waals surface area contributed by atoms with Crippen molar-refractivity contribution in [3.8, 4) is 0 Å². The van der Waals surface area contributed by atoms with E-state index in [0.29, 0.717) is 39.3 Å². The maximum absolute atomic E-state index is 12.1. The highest BCUT2D eigenvalue weighted by molar-refractivity contribution is 5.84. The number of nitrogens with zero attached hydrogens (tertiary/aromatic N) is 3. The molecule has 0 aromatic rings. The van der Waals surface area contributed by atoms with Crippen LogP contribution in [0.3, 0.4) is 0 Å². The molecule has 2 heterocycles. The summed E-state index contributed by atoms with van der Waals surface area (Å²) in [4.78, 5) is 39.6. The molecule has 0 saturated carbocycles. The molecule has 2 saturated heterocycles. The second-order valence-electron chi connectivity index (χ2n) is 4.95. The molecule has 0 aromatic carbocycles. The maximum Gasteiger partial charge on any atom is 0.229 e. The molecule has 0 atom stereocenters. The number of likely N-dealkylation sites (tertiary alicyclic amines) is 1. The van der Waals surface area contributed by atoms with E-state index in [-0.39, 0.29) is 23.6 Å². The van der Waals surface area contributed by atoms with Gasteiger partial charge in [-0.25, -0.2) is 0 Å². The Bertz CT molecular complexity index is 369. The van der Waals surface area contributed by atoms with Crippen LogP contribution in [0.1, 0.15) is 13.8 Å². The van der Waals surface area contributed by atoms with Crippen molar-refractivity contribution in [1.82, 2.24) is 14.7 Å². The van der Waals surface area contributed by atoms with Gasteiger partial charge in [0.2, 0.25) is 17.7 Å². The second-order valence-corrected chi connectivity index (χ2v) is 4.95. The number of carbonyl (C=O) groups is 3. The molecule has 0 N–H and O–H groups in total. The fraction of sp³-hybridized carbons (Fsp3) is 0.750. The average molecular weight is 253 g/mol. The topological polar surface area (TPSA) is 60.9 Å². The predicted octanol–water partition coefficient (Wildman–Crippen LogP) is -0.845. The Labute approximate surface area is 107 Å². The quantitative estimate of drug-likeness (QED) is 0.612. The smallest absolute Gasteiger partial charge is 0.229 e. The molecule has 0 bridgehead atoms. The van der Waals surface area contributed by atoms with Crippen molar-refractivity contribution in [1.29, 1.82) is 0 Å². The Morgan fingerprint density at radius 2 is 1.22 bits per heavy atom. The van der Waals surface area contributed by atoms with Gasteiger partial charge in [0.1, 0.15) is 0 Å². The van der Waals surface area contributed by atoms with Gasteiger partial charge in [-0.3, -0.25) is 14.4 Å². The van der Waals surface area contributed by atoms with E-state index in [1.54, 1.807) is 16.7 Å². The molecular weight excluding hydrogens is 234 g/mol. The van der Waals surface area contributed by atoms with Gasteiger partial charge < -0.3 is 14.7 Å². The second kappa shape index (κ2) is 4.96. The number of amides is 3. The van der Waals surface area contributed by atoms with Crippen LogP contribution in [-0.2, 0) is 14.4 Å². The molecule has 0 unspecified atom stereocenters. The summed E-state index contributed by atoms with van der Waals surface area (Å²) in [5.41, 5.74) is 0. The summed E-state index contributed by atoms with van der Waals surface area (Å²) in [5.74, 6) is 0.169. The minimum Gasteiger partial charge on any atom is -0.341 e. The van der Waals surface area contributed by atoms with Gasteiger partial charge in [-0.15, -0.1) is 0 Å². The first-order valence-corrected chi connectivity index (χ1v) is 6.29. The van der Waals surface area contributed by atoms with Crippen LogP contribution in [0, 0.1) is 5.92 Å². The van der Waals surface area contributed by atoms with Gasteiger partial charge in [-0.2, -0.15) is 0 Å². The summed E-state index contributed by atoms with van der Waals surface area (Å²) >= 11 is 0. The Kier molecular flexibility index (Phi) is 3.54. The molecule has 3 amide bonds. The standard InChI is InChI=1S/C12H19N3O3/c1-9(16)13-3-5-14(6-4-13)12(18)11-7-15(8-11)10(2)17/h11H,3-8H2,1-2H3. The molecule has 2 aliphatic rings. The normalized spacial score (nSPS) is 20.7. The molecule has 0 spiro atoms. The monoisotopic (exact) mass is 253 g/mol. The first-order chi connectivity index (χ1) is 8.49. The van der Waals surface area contributed by atoms with Crippen LogP contribution < -0.4 is 0 Å². The lowest BCUT2D eigenvalue weighted by atomic mass is 9.98. The number of rotatable bonds is 1. The first kappa shape index (κ1) is 12.9.